The molecule has 19 heavy (non-hydrogen) atoms. The molecule has 0 aliphatic carbocycles. The highest BCUT2D eigenvalue weighted by atomic mass is 16.5. The highest BCUT2D eigenvalue weighted by molar-refractivity contribution is 5.98. The lowest BCUT2D eigenvalue weighted by Gasteiger charge is -2.08. The van der Waals surface area contributed by atoms with Crippen molar-refractivity contribution in [1.82, 2.24) is 10.2 Å². The second kappa shape index (κ2) is 9.06. The monoisotopic (exact) mass is 270 g/mol. The van der Waals surface area contributed by atoms with Crippen LogP contribution in [0.2, 0.25) is 0 Å². The minimum atomic E-state index is -0.0683. The van der Waals surface area contributed by atoms with Gasteiger partial charge >= 0.3 is 0 Å². The molecule has 0 aliphatic heterocycles. The van der Waals surface area contributed by atoms with Crippen LogP contribution in [0.25, 0.3) is 0 Å². The number of rotatable bonds is 9. The molecule has 106 valence electrons. The standard InChI is InChI=1S/C11H18N4O4/c1-17-7-8-18-5-2-6-19-11-9(10(12)15-16)3-4-13-14-11/h3-4,16H,2,5-8H2,1H3,(H2,12,15). The molecular formula is C11H18N4O4. The number of amidine groups is 1. The Morgan fingerprint density at radius 3 is 2.95 bits per heavy atom. The van der Waals surface area contributed by atoms with E-state index in [2.05, 4.69) is 15.4 Å². The van der Waals surface area contributed by atoms with E-state index in [-0.39, 0.29) is 11.7 Å². The number of nitrogens with zero attached hydrogens (tertiary/aromatic N) is 3. The summed E-state index contributed by atoms with van der Waals surface area (Å²) >= 11 is 0. The maximum atomic E-state index is 8.63. The molecule has 3 N–H and O–H groups in total. The van der Waals surface area contributed by atoms with E-state index in [1.54, 1.807) is 13.2 Å². The van der Waals surface area contributed by atoms with Crippen LogP contribution in [0.1, 0.15) is 12.0 Å². The van der Waals surface area contributed by atoms with Gasteiger partial charge in [-0.15, -0.1) is 5.10 Å². The fourth-order valence-corrected chi connectivity index (χ4v) is 1.25. The Morgan fingerprint density at radius 2 is 2.21 bits per heavy atom. The molecule has 0 amide bonds. The van der Waals surface area contributed by atoms with Crippen LogP contribution in [0, 0.1) is 0 Å². The van der Waals surface area contributed by atoms with Crippen molar-refractivity contribution in [2.45, 2.75) is 6.42 Å². The molecule has 0 saturated heterocycles. The Balaban J connectivity index is 2.33. The summed E-state index contributed by atoms with van der Waals surface area (Å²) in [5, 5.41) is 19.0. The molecule has 8 nitrogen and oxygen atoms in total. The van der Waals surface area contributed by atoms with Crippen molar-refractivity contribution in [2.24, 2.45) is 10.9 Å². The van der Waals surface area contributed by atoms with E-state index in [0.29, 0.717) is 38.4 Å². The van der Waals surface area contributed by atoms with E-state index in [4.69, 9.17) is 25.2 Å². The van der Waals surface area contributed by atoms with Gasteiger partial charge in [-0.2, -0.15) is 5.10 Å². The third-order valence-corrected chi connectivity index (χ3v) is 2.17. The third kappa shape index (κ3) is 5.49. The summed E-state index contributed by atoms with van der Waals surface area (Å²) in [6, 6.07) is 1.56. The van der Waals surface area contributed by atoms with Gasteiger partial charge in [0, 0.05) is 20.1 Å². The fraction of sp³-hybridized carbons (Fsp3) is 0.545. The van der Waals surface area contributed by atoms with Gasteiger partial charge in [-0.25, -0.2) is 0 Å². The summed E-state index contributed by atoms with van der Waals surface area (Å²) in [5.74, 6) is 0.163. The van der Waals surface area contributed by atoms with Crippen LogP contribution in [0.4, 0.5) is 0 Å². The Morgan fingerprint density at radius 1 is 1.37 bits per heavy atom. The molecule has 0 aliphatic rings. The number of nitrogens with two attached hydrogens (primary N) is 1. The van der Waals surface area contributed by atoms with E-state index in [9.17, 15) is 0 Å². The number of aromatic nitrogens is 2. The van der Waals surface area contributed by atoms with Crippen molar-refractivity contribution in [1.29, 1.82) is 0 Å². The highest BCUT2D eigenvalue weighted by Gasteiger charge is 2.09. The van der Waals surface area contributed by atoms with E-state index < -0.39 is 0 Å². The molecule has 0 saturated carbocycles. The zero-order valence-electron chi connectivity index (χ0n) is 10.8. The lowest BCUT2D eigenvalue weighted by Crippen LogP contribution is -2.16. The molecule has 1 aromatic rings. The first kappa shape index (κ1) is 15.1. The van der Waals surface area contributed by atoms with E-state index in [1.165, 1.54) is 6.20 Å². The number of hydrogen-bond acceptors (Lipinski definition) is 7. The molecule has 0 bridgehead atoms. The quantitative estimate of drug-likeness (QED) is 0.213. The second-order valence-corrected chi connectivity index (χ2v) is 3.54. The first-order valence-corrected chi connectivity index (χ1v) is 5.78. The molecule has 1 rings (SSSR count). The summed E-state index contributed by atoms with van der Waals surface area (Å²) in [6.45, 7) is 2.08. The summed E-state index contributed by atoms with van der Waals surface area (Å²) in [6.07, 6.45) is 2.13. The number of methoxy groups -OCH3 is 1. The normalized spacial score (nSPS) is 11.5. The van der Waals surface area contributed by atoms with Crippen molar-refractivity contribution in [3.63, 3.8) is 0 Å². The topological polar surface area (TPSA) is 112 Å². The van der Waals surface area contributed by atoms with Crippen molar-refractivity contribution in [2.75, 3.05) is 33.5 Å². The van der Waals surface area contributed by atoms with Gasteiger partial charge in [-0.1, -0.05) is 5.16 Å². The lowest BCUT2D eigenvalue weighted by atomic mass is 10.3. The fourth-order valence-electron chi connectivity index (χ4n) is 1.25. The predicted molar refractivity (Wildman–Crippen MR) is 67.3 cm³/mol. The van der Waals surface area contributed by atoms with Crippen LogP contribution >= 0.6 is 0 Å². The van der Waals surface area contributed by atoms with Gasteiger partial charge in [0.2, 0.25) is 5.88 Å². The second-order valence-electron chi connectivity index (χ2n) is 3.54. The summed E-state index contributed by atoms with van der Waals surface area (Å²) in [7, 11) is 1.62. The minimum Gasteiger partial charge on any atom is -0.476 e. The molecule has 0 fully saturated rings. The Labute approximate surface area is 111 Å². The number of ether oxygens (including phenoxy) is 3. The summed E-state index contributed by atoms with van der Waals surface area (Å²) < 4.78 is 15.5. The van der Waals surface area contributed by atoms with Crippen LogP contribution < -0.4 is 10.5 Å². The van der Waals surface area contributed by atoms with Crippen LogP contribution in [0.3, 0.4) is 0 Å². The third-order valence-electron chi connectivity index (χ3n) is 2.17. The molecular weight excluding hydrogens is 252 g/mol. The first-order valence-electron chi connectivity index (χ1n) is 5.78. The molecule has 0 unspecified atom stereocenters. The van der Waals surface area contributed by atoms with Crippen LogP contribution in [0.5, 0.6) is 5.88 Å². The average molecular weight is 270 g/mol. The van der Waals surface area contributed by atoms with Crippen LogP contribution in [-0.2, 0) is 9.47 Å². The van der Waals surface area contributed by atoms with Crippen molar-refractivity contribution >= 4 is 5.84 Å². The largest absolute Gasteiger partial charge is 0.476 e. The molecule has 0 spiro atoms. The van der Waals surface area contributed by atoms with Gasteiger partial charge in [-0.05, 0) is 6.07 Å². The molecule has 1 aromatic heterocycles. The molecule has 0 atom stereocenters. The maximum absolute atomic E-state index is 8.63. The Kier molecular flexibility index (Phi) is 7.21. The van der Waals surface area contributed by atoms with Crippen LogP contribution in [0.15, 0.2) is 17.4 Å². The SMILES string of the molecule is COCCOCCCOc1nnccc1/C(N)=N/O. The predicted octanol–water partition coefficient (Wildman–Crippen LogP) is 0.00300. The zero-order chi connectivity index (χ0) is 13.9. The minimum absolute atomic E-state index is 0.0683. The molecule has 0 radical (unpaired) electrons. The van der Waals surface area contributed by atoms with Gasteiger partial charge in [0.05, 0.1) is 31.6 Å². The van der Waals surface area contributed by atoms with Gasteiger partial charge in [0.25, 0.3) is 0 Å². The molecule has 0 aromatic carbocycles. The highest BCUT2D eigenvalue weighted by Crippen LogP contribution is 2.12. The van der Waals surface area contributed by atoms with Gasteiger partial charge in [-0.3, -0.25) is 0 Å². The molecule has 8 heteroatoms. The number of oxime groups is 1. The van der Waals surface area contributed by atoms with E-state index in [0.717, 1.165) is 0 Å². The summed E-state index contributed by atoms with van der Waals surface area (Å²) in [4.78, 5) is 0. The Hall–Kier alpha value is -1.93. The zero-order valence-corrected chi connectivity index (χ0v) is 10.8. The smallest absolute Gasteiger partial charge is 0.244 e. The number of hydrogen-bond donors (Lipinski definition) is 2. The van der Waals surface area contributed by atoms with Gasteiger partial charge in [0.15, 0.2) is 5.84 Å². The van der Waals surface area contributed by atoms with E-state index >= 15 is 0 Å². The average Bonchev–Trinajstić information content (AvgIpc) is 2.46. The lowest BCUT2D eigenvalue weighted by molar-refractivity contribution is 0.0641. The van der Waals surface area contributed by atoms with E-state index in [1.807, 2.05) is 0 Å². The molecule has 1 heterocycles. The Bertz CT molecular complexity index is 400. The summed E-state index contributed by atoms with van der Waals surface area (Å²) in [5.41, 5.74) is 5.89. The maximum Gasteiger partial charge on any atom is 0.244 e. The van der Waals surface area contributed by atoms with Crippen molar-refractivity contribution < 1.29 is 19.4 Å². The van der Waals surface area contributed by atoms with Crippen molar-refractivity contribution in [3.05, 3.63) is 17.8 Å². The van der Waals surface area contributed by atoms with Crippen molar-refractivity contribution in [3.8, 4) is 5.88 Å². The first-order chi connectivity index (χ1) is 9.29. The van der Waals surface area contributed by atoms with Gasteiger partial charge in [0.1, 0.15) is 0 Å². The van der Waals surface area contributed by atoms with Crippen LogP contribution in [-0.4, -0.2) is 54.8 Å². The van der Waals surface area contributed by atoms with Gasteiger partial charge < -0.3 is 25.2 Å².